The van der Waals surface area contributed by atoms with Crippen LogP contribution in [0, 0.1) is 0 Å². The monoisotopic (exact) mass is 195 g/mol. The van der Waals surface area contributed by atoms with Crippen molar-refractivity contribution in [2.24, 2.45) is 4.99 Å². The molecular weight excluding hydrogens is 174 g/mol. The summed E-state index contributed by atoms with van der Waals surface area (Å²) in [6, 6.07) is 1.31. The van der Waals surface area contributed by atoms with Crippen molar-refractivity contribution >= 4 is 5.84 Å². The third-order valence-corrected chi connectivity index (χ3v) is 3.33. The van der Waals surface area contributed by atoms with Crippen LogP contribution in [0.4, 0.5) is 0 Å². The molecule has 0 saturated carbocycles. The van der Waals surface area contributed by atoms with Crippen LogP contribution < -0.4 is 5.43 Å². The standard InChI is InChI=1S/C11H21N3/c1-9-5-3-6-10(2)14(9)13-11-7-4-8-12-11/h9-10H,3-8H2,1-2H3,(H,12,13). The number of hydrazine groups is 1. The molecule has 80 valence electrons. The Morgan fingerprint density at radius 3 is 2.50 bits per heavy atom. The van der Waals surface area contributed by atoms with Crippen LogP contribution in [0.15, 0.2) is 4.99 Å². The maximum absolute atomic E-state index is 4.46. The van der Waals surface area contributed by atoms with E-state index in [1.165, 1.54) is 31.5 Å². The largest absolute Gasteiger partial charge is 0.306 e. The van der Waals surface area contributed by atoms with E-state index in [2.05, 4.69) is 29.3 Å². The Balaban J connectivity index is 1.93. The Morgan fingerprint density at radius 2 is 1.93 bits per heavy atom. The van der Waals surface area contributed by atoms with Crippen LogP contribution in [0.1, 0.15) is 46.0 Å². The van der Waals surface area contributed by atoms with Gasteiger partial charge in [-0.1, -0.05) is 6.42 Å². The number of amidine groups is 1. The number of hydrogen-bond acceptors (Lipinski definition) is 3. The first-order valence-electron chi connectivity index (χ1n) is 5.85. The molecule has 3 heteroatoms. The molecule has 0 aromatic heterocycles. The summed E-state index contributed by atoms with van der Waals surface area (Å²) in [6.07, 6.45) is 6.34. The lowest BCUT2D eigenvalue weighted by molar-refractivity contribution is 0.0734. The molecule has 1 fully saturated rings. The fourth-order valence-electron chi connectivity index (χ4n) is 2.42. The van der Waals surface area contributed by atoms with E-state index in [9.17, 15) is 0 Å². The Kier molecular flexibility index (Phi) is 3.06. The molecule has 3 nitrogen and oxygen atoms in total. The molecule has 2 rings (SSSR count). The van der Waals surface area contributed by atoms with Gasteiger partial charge in [0.25, 0.3) is 0 Å². The molecule has 0 amide bonds. The van der Waals surface area contributed by atoms with E-state index in [0.717, 1.165) is 13.0 Å². The summed E-state index contributed by atoms with van der Waals surface area (Å²) >= 11 is 0. The van der Waals surface area contributed by atoms with Crippen molar-refractivity contribution in [1.82, 2.24) is 10.4 Å². The average Bonchev–Trinajstić information content (AvgIpc) is 2.64. The van der Waals surface area contributed by atoms with Gasteiger partial charge in [0.2, 0.25) is 0 Å². The first-order valence-corrected chi connectivity index (χ1v) is 5.85. The molecule has 0 aliphatic carbocycles. The number of nitrogens with zero attached hydrogens (tertiary/aromatic N) is 2. The summed E-state index contributed by atoms with van der Waals surface area (Å²) in [4.78, 5) is 4.46. The molecule has 2 atom stereocenters. The van der Waals surface area contributed by atoms with E-state index >= 15 is 0 Å². The molecule has 0 radical (unpaired) electrons. The Bertz CT molecular complexity index is 215. The van der Waals surface area contributed by atoms with E-state index in [1.807, 2.05) is 0 Å². The van der Waals surface area contributed by atoms with Crippen LogP contribution in [0.2, 0.25) is 0 Å². The minimum Gasteiger partial charge on any atom is -0.306 e. The van der Waals surface area contributed by atoms with Gasteiger partial charge in [0, 0.05) is 25.0 Å². The van der Waals surface area contributed by atoms with Gasteiger partial charge in [-0.3, -0.25) is 4.99 Å². The second kappa shape index (κ2) is 4.30. The van der Waals surface area contributed by atoms with Gasteiger partial charge in [-0.2, -0.15) is 0 Å². The topological polar surface area (TPSA) is 27.6 Å². The van der Waals surface area contributed by atoms with Crippen LogP contribution in [0.3, 0.4) is 0 Å². The third kappa shape index (κ3) is 2.08. The lowest BCUT2D eigenvalue weighted by Gasteiger charge is -2.39. The first kappa shape index (κ1) is 9.97. The molecule has 2 aliphatic heterocycles. The van der Waals surface area contributed by atoms with Crippen LogP contribution in [0.5, 0.6) is 0 Å². The minimum atomic E-state index is 0.655. The quantitative estimate of drug-likeness (QED) is 0.692. The summed E-state index contributed by atoms with van der Waals surface area (Å²) in [5.74, 6) is 1.20. The first-order chi connectivity index (χ1) is 6.77. The van der Waals surface area contributed by atoms with Gasteiger partial charge in [0.15, 0.2) is 0 Å². The second-order valence-corrected chi connectivity index (χ2v) is 4.58. The van der Waals surface area contributed by atoms with E-state index in [4.69, 9.17) is 0 Å². The molecular formula is C11H21N3. The van der Waals surface area contributed by atoms with Gasteiger partial charge in [-0.15, -0.1) is 0 Å². The zero-order valence-electron chi connectivity index (χ0n) is 9.29. The van der Waals surface area contributed by atoms with Crippen LogP contribution in [-0.4, -0.2) is 29.5 Å². The van der Waals surface area contributed by atoms with Gasteiger partial charge in [-0.05, 0) is 33.1 Å². The van der Waals surface area contributed by atoms with Crippen molar-refractivity contribution in [1.29, 1.82) is 0 Å². The van der Waals surface area contributed by atoms with Crippen molar-refractivity contribution in [3.05, 3.63) is 0 Å². The van der Waals surface area contributed by atoms with Gasteiger partial charge in [-0.25, -0.2) is 5.01 Å². The maximum atomic E-state index is 4.46. The Hall–Kier alpha value is -0.570. The lowest BCUT2D eigenvalue weighted by Crippen LogP contribution is -2.53. The fourth-order valence-corrected chi connectivity index (χ4v) is 2.42. The lowest BCUT2D eigenvalue weighted by atomic mass is 10.00. The molecule has 0 bridgehead atoms. The van der Waals surface area contributed by atoms with E-state index in [1.54, 1.807) is 0 Å². The van der Waals surface area contributed by atoms with E-state index in [-0.39, 0.29) is 0 Å². The van der Waals surface area contributed by atoms with Gasteiger partial charge >= 0.3 is 0 Å². The highest BCUT2D eigenvalue weighted by Gasteiger charge is 2.25. The molecule has 2 heterocycles. The van der Waals surface area contributed by atoms with Crippen molar-refractivity contribution < 1.29 is 0 Å². The van der Waals surface area contributed by atoms with Crippen molar-refractivity contribution in [2.45, 2.75) is 58.0 Å². The molecule has 0 aromatic rings. The van der Waals surface area contributed by atoms with E-state index in [0.29, 0.717) is 12.1 Å². The maximum Gasteiger partial charge on any atom is 0.111 e. The predicted molar refractivity (Wildman–Crippen MR) is 59.3 cm³/mol. The van der Waals surface area contributed by atoms with E-state index < -0.39 is 0 Å². The summed E-state index contributed by atoms with van der Waals surface area (Å²) in [7, 11) is 0. The number of nitrogens with one attached hydrogen (secondary N) is 1. The molecule has 1 saturated heterocycles. The predicted octanol–water partition coefficient (Wildman–Crippen LogP) is 1.95. The fraction of sp³-hybridized carbons (Fsp3) is 0.909. The van der Waals surface area contributed by atoms with Gasteiger partial charge in [0.1, 0.15) is 5.84 Å². The normalized spacial score (nSPS) is 34.3. The highest BCUT2D eigenvalue weighted by atomic mass is 15.5. The van der Waals surface area contributed by atoms with Crippen LogP contribution in [0.25, 0.3) is 0 Å². The summed E-state index contributed by atoms with van der Waals surface area (Å²) in [6.45, 7) is 5.62. The van der Waals surface area contributed by atoms with Gasteiger partial charge in [0.05, 0.1) is 0 Å². The van der Waals surface area contributed by atoms with Crippen molar-refractivity contribution in [2.75, 3.05) is 6.54 Å². The Morgan fingerprint density at radius 1 is 1.21 bits per heavy atom. The second-order valence-electron chi connectivity index (χ2n) is 4.58. The average molecular weight is 195 g/mol. The highest BCUT2D eigenvalue weighted by Crippen LogP contribution is 2.20. The highest BCUT2D eigenvalue weighted by molar-refractivity contribution is 5.83. The molecule has 0 spiro atoms. The molecule has 2 unspecified atom stereocenters. The van der Waals surface area contributed by atoms with Crippen LogP contribution >= 0.6 is 0 Å². The molecule has 2 aliphatic rings. The number of piperidine rings is 1. The van der Waals surface area contributed by atoms with Crippen molar-refractivity contribution in [3.8, 4) is 0 Å². The molecule has 0 aromatic carbocycles. The number of hydrogen-bond donors (Lipinski definition) is 1. The summed E-state index contributed by atoms with van der Waals surface area (Å²) in [5.41, 5.74) is 3.50. The molecule has 14 heavy (non-hydrogen) atoms. The van der Waals surface area contributed by atoms with Crippen molar-refractivity contribution in [3.63, 3.8) is 0 Å². The third-order valence-electron chi connectivity index (χ3n) is 3.33. The summed E-state index contributed by atoms with van der Waals surface area (Å²) in [5, 5.41) is 2.40. The number of rotatable bonds is 1. The zero-order chi connectivity index (χ0) is 9.97. The smallest absolute Gasteiger partial charge is 0.111 e. The van der Waals surface area contributed by atoms with Gasteiger partial charge < -0.3 is 5.43 Å². The summed E-state index contributed by atoms with van der Waals surface area (Å²) < 4.78 is 0. The minimum absolute atomic E-state index is 0.655. The Labute approximate surface area is 86.6 Å². The SMILES string of the molecule is CC1CCCC(C)N1NC1=NCCC1. The zero-order valence-corrected chi connectivity index (χ0v) is 9.29. The molecule has 1 N–H and O–H groups in total. The van der Waals surface area contributed by atoms with Crippen LogP contribution in [-0.2, 0) is 0 Å². The number of aliphatic imine (C=N–C) groups is 1.